The van der Waals surface area contributed by atoms with E-state index in [0.717, 1.165) is 17.4 Å². The van der Waals surface area contributed by atoms with Crippen molar-refractivity contribution in [2.45, 2.75) is 23.6 Å². The Morgan fingerprint density at radius 1 is 0.818 bits per heavy atom. The number of hydrogen-bond donors (Lipinski definition) is 1. The zero-order valence-electron chi connectivity index (χ0n) is 12.5. The van der Waals surface area contributed by atoms with Crippen LogP contribution >= 0.6 is 0 Å². The summed E-state index contributed by atoms with van der Waals surface area (Å²) in [6.07, 6.45) is 0.984. The third-order valence-corrected chi connectivity index (χ3v) is 5.74. The Morgan fingerprint density at radius 3 is 1.82 bits per heavy atom. The maximum Gasteiger partial charge on any atom is 0.263 e. The molecule has 2 aromatic rings. The standard InChI is InChI=1S/C15H17NO4S2/c1-11-8-12(2)10-13(9-11)16-22(19,20)15-7-5-4-6-14(15)21(3,17)18/h4-10,16H,1-3H3. The third-order valence-electron chi connectivity index (χ3n) is 3.01. The Balaban J connectivity index is 2.53. The lowest BCUT2D eigenvalue weighted by Crippen LogP contribution is -2.16. The van der Waals surface area contributed by atoms with Crippen LogP contribution in [-0.4, -0.2) is 23.1 Å². The summed E-state index contributed by atoms with van der Waals surface area (Å²) in [6, 6.07) is 10.8. The van der Waals surface area contributed by atoms with Crippen molar-refractivity contribution < 1.29 is 16.8 Å². The minimum atomic E-state index is -3.99. The van der Waals surface area contributed by atoms with Gasteiger partial charge in [-0.2, -0.15) is 0 Å². The van der Waals surface area contributed by atoms with E-state index in [1.54, 1.807) is 12.1 Å². The summed E-state index contributed by atoms with van der Waals surface area (Å²) >= 11 is 0. The summed E-state index contributed by atoms with van der Waals surface area (Å²) in [5.41, 5.74) is 2.23. The van der Waals surface area contributed by atoms with Crippen LogP contribution in [-0.2, 0) is 19.9 Å². The number of sulfonamides is 1. The van der Waals surface area contributed by atoms with Gasteiger partial charge in [-0.1, -0.05) is 18.2 Å². The van der Waals surface area contributed by atoms with Crippen molar-refractivity contribution in [1.82, 2.24) is 0 Å². The Bertz CT molecular complexity index is 896. The molecule has 0 spiro atoms. The highest BCUT2D eigenvalue weighted by molar-refractivity contribution is 7.95. The van der Waals surface area contributed by atoms with E-state index < -0.39 is 19.9 Å². The molecule has 0 heterocycles. The molecular formula is C15H17NO4S2. The van der Waals surface area contributed by atoms with E-state index in [-0.39, 0.29) is 9.79 Å². The first-order valence-electron chi connectivity index (χ1n) is 6.50. The molecule has 0 radical (unpaired) electrons. The molecular weight excluding hydrogens is 322 g/mol. The molecule has 7 heteroatoms. The molecule has 0 aromatic heterocycles. The predicted molar refractivity (Wildman–Crippen MR) is 86.3 cm³/mol. The third kappa shape index (κ3) is 3.66. The summed E-state index contributed by atoms with van der Waals surface area (Å²) in [6.45, 7) is 3.71. The van der Waals surface area contributed by atoms with Gasteiger partial charge in [-0.05, 0) is 49.2 Å². The molecule has 0 unspecified atom stereocenters. The molecule has 0 bridgehead atoms. The first-order valence-corrected chi connectivity index (χ1v) is 9.87. The lowest BCUT2D eigenvalue weighted by atomic mass is 10.1. The average Bonchev–Trinajstić information content (AvgIpc) is 2.36. The van der Waals surface area contributed by atoms with Gasteiger partial charge < -0.3 is 0 Å². The molecule has 0 aliphatic rings. The van der Waals surface area contributed by atoms with Crippen molar-refractivity contribution in [3.63, 3.8) is 0 Å². The van der Waals surface area contributed by atoms with Gasteiger partial charge in [-0.15, -0.1) is 0 Å². The van der Waals surface area contributed by atoms with Gasteiger partial charge in [0.05, 0.1) is 4.90 Å². The Morgan fingerprint density at radius 2 is 1.32 bits per heavy atom. The van der Waals surface area contributed by atoms with Crippen molar-refractivity contribution in [3.8, 4) is 0 Å². The lowest BCUT2D eigenvalue weighted by molar-refractivity contribution is 0.588. The molecule has 0 saturated heterocycles. The minimum Gasteiger partial charge on any atom is -0.280 e. The highest BCUT2D eigenvalue weighted by Crippen LogP contribution is 2.24. The van der Waals surface area contributed by atoms with Gasteiger partial charge in [-0.3, -0.25) is 4.72 Å². The van der Waals surface area contributed by atoms with Crippen LogP contribution in [0.2, 0.25) is 0 Å². The monoisotopic (exact) mass is 339 g/mol. The highest BCUT2D eigenvalue weighted by Gasteiger charge is 2.23. The zero-order chi connectivity index (χ0) is 16.5. The molecule has 0 atom stereocenters. The number of hydrogen-bond acceptors (Lipinski definition) is 4. The highest BCUT2D eigenvalue weighted by atomic mass is 32.2. The van der Waals surface area contributed by atoms with E-state index in [9.17, 15) is 16.8 Å². The zero-order valence-corrected chi connectivity index (χ0v) is 14.1. The van der Waals surface area contributed by atoms with Crippen LogP contribution in [0, 0.1) is 13.8 Å². The van der Waals surface area contributed by atoms with Gasteiger partial charge in [0.2, 0.25) is 0 Å². The van der Waals surface area contributed by atoms with E-state index in [1.807, 2.05) is 19.9 Å². The largest absolute Gasteiger partial charge is 0.280 e. The van der Waals surface area contributed by atoms with Gasteiger partial charge in [0.1, 0.15) is 4.90 Å². The van der Waals surface area contributed by atoms with Crippen LogP contribution in [0.3, 0.4) is 0 Å². The molecule has 2 rings (SSSR count). The van der Waals surface area contributed by atoms with Crippen molar-refractivity contribution in [1.29, 1.82) is 0 Å². The summed E-state index contributed by atoms with van der Waals surface area (Å²) in [4.78, 5) is -0.469. The van der Waals surface area contributed by atoms with Crippen molar-refractivity contribution in [2.24, 2.45) is 0 Å². The average molecular weight is 339 g/mol. The van der Waals surface area contributed by atoms with Gasteiger partial charge in [0.25, 0.3) is 10.0 Å². The van der Waals surface area contributed by atoms with Crippen LogP contribution in [0.25, 0.3) is 0 Å². The molecule has 0 amide bonds. The quantitative estimate of drug-likeness (QED) is 0.928. The fraction of sp³-hybridized carbons (Fsp3) is 0.200. The first kappa shape index (κ1) is 16.5. The maximum absolute atomic E-state index is 12.5. The van der Waals surface area contributed by atoms with Gasteiger partial charge in [-0.25, -0.2) is 16.8 Å². The smallest absolute Gasteiger partial charge is 0.263 e. The van der Waals surface area contributed by atoms with Crippen molar-refractivity contribution >= 4 is 25.5 Å². The van der Waals surface area contributed by atoms with E-state index in [1.165, 1.54) is 24.3 Å². The van der Waals surface area contributed by atoms with E-state index >= 15 is 0 Å². The minimum absolute atomic E-state index is 0.216. The molecule has 2 aromatic carbocycles. The number of aryl methyl sites for hydroxylation is 2. The second-order valence-electron chi connectivity index (χ2n) is 5.20. The van der Waals surface area contributed by atoms with Gasteiger partial charge >= 0.3 is 0 Å². The number of nitrogens with one attached hydrogen (secondary N) is 1. The summed E-state index contributed by atoms with van der Waals surface area (Å²) in [5, 5.41) is 0. The first-order chi connectivity index (χ1) is 10.1. The van der Waals surface area contributed by atoms with Crippen LogP contribution in [0.15, 0.2) is 52.3 Å². The fourth-order valence-corrected chi connectivity index (χ4v) is 4.89. The molecule has 22 heavy (non-hydrogen) atoms. The fourth-order valence-electron chi connectivity index (χ4n) is 2.22. The van der Waals surface area contributed by atoms with E-state index in [0.29, 0.717) is 5.69 Å². The number of rotatable bonds is 4. The Kier molecular flexibility index (Phi) is 4.30. The lowest BCUT2D eigenvalue weighted by Gasteiger charge is -2.12. The number of sulfone groups is 1. The number of benzene rings is 2. The molecule has 0 aliphatic carbocycles. The van der Waals surface area contributed by atoms with Crippen molar-refractivity contribution in [3.05, 3.63) is 53.6 Å². The second kappa shape index (κ2) is 5.73. The Hall–Kier alpha value is -1.86. The predicted octanol–water partition coefficient (Wildman–Crippen LogP) is 2.51. The molecule has 0 saturated carbocycles. The molecule has 118 valence electrons. The van der Waals surface area contributed by atoms with Crippen LogP contribution in [0.5, 0.6) is 0 Å². The summed E-state index contributed by atoms with van der Waals surface area (Å²) in [5.74, 6) is 0. The Labute approximate surface area is 131 Å². The molecule has 5 nitrogen and oxygen atoms in total. The summed E-state index contributed by atoms with van der Waals surface area (Å²) in [7, 11) is -7.63. The van der Waals surface area contributed by atoms with E-state index in [4.69, 9.17) is 0 Å². The topological polar surface area (TPSA) is 80.3 Å². The molecule has 0 fully saturated rings. The van der Waals surface area contributed by atoms with Crippen LogP contribution < -0.4 is 4.72 Å². The molecule has 1 N–H and O–H groups in total. The molecule has 0 aliphatic heterocycles. The van der Waals surface area contributed by atoms with Crippen LogP contribution in [0.4, 0.5) is 5.69 Å². The normalized spacial score (nSPS) is 12.1. The van der Waals surface area contributed by atoms with Crippen molar-refractivity contribution in [2.75, 3.05) is 11.0 Å². The van der Waals surface area contributed by atoms with Gasteiger partial charge in [0, 0.05) is 11.9 Å². The SMILES string of the molecule is Cc1cc(C)cc(NS(=O)(=O)c2ccccc2S(C)(=O)=O)c1. The van der Waals surface area contributed by atoms with Gasteiger partial charge in [0.15, 0.2) is 9.84 Å². The van der Waals surface area contributed by atoms with Crippen LogP contribution in [0.1, 0.15) is 11.1 Å². The maximum atomic E-state index is 12.5. The summed E-state index contributed by atoms with van der Waals surface area (Å²) < 4.78 is 51.0. The second-order valence-corrected chi connectivity index (χ2v) is 8.84. The van der Waals surface area contributed by atoms with E-state index in [2.05, 4.69) is 4.72 Å². The number of anilines is 1.